The molecule has 0 radical (unpaired) electrons. The van der Waals surface area contributed by atoms with Crippen LogP contribution in [-0.4, -0.2) is 19.2 Å². The molecule has 3 rings (SSSR count). The fourth-order valence-corrected chi connectivity index (χ4v) is 3.13. The summed E-state index contributed by atoms with van der Waals surface area (Å²) in [5.41, 5.74) is 1.95. The Morgan fingerprint density at radius 2 is 1.75 bits per heavy atom. The SMILES string of the molecule is COC(OC)c1csc(-c2cccc3ccccc23)n1. The number of hydrogen-bond donors (Lipinski definition) is 0. The molecule has 3 nitrogen and oxygen atoms in total. The lowest BCUT2D eigenvalue weighted by atomic mass is 10.1. The maximum absolute atomic E-state index is 5.24. The van der Waals surface area contributed by atoms with Gasteiger partial charge in [-0.15, -0.1) is 11.3 Å². The summed E-state index contributed by atoms with van der Waals surface area (Å²) in [6.07, 6.45) is -0.407. The molecule has 0 spiro atoms. The maximum Gasteiger partial charge on any atom is 0.201 e. The van der Waals surface area contributed by atoms with E-state index in [0.29, 0.717) is 0 Å². The number of rotatable bonds is 4. The topological polar surface area (TPSA) is 31.4 Å². The van der Waals surface area contributed by atoms with Gasteiger partial charge in [0, 0.05) is 25.2 Å². The minimum atomic E-state index is -0.407. The number of aromatic nitrogens is 1. The highest BCUT2D eigenvalue weighted by atomic mass is 32.1. The van der Waals surface area contributed by atoms with Crippen molar-refractivity contribution in [3.8, 4) is 10.6 Å². The van der Waals surface area contributed by atoms with Crippen molar-refractivity contribution in [3.05, 3.63) is 53.5 Å². The van der Waals surface area contributed by atoms with E-state index < -0.39 is 6.29 Å². The largest absolute Gasteiger partial charge is 0.350 e. The van der Waals surface area contributed by atoms with E-state index in [1.54, 1.807) is 25.6 Å². The number of thiazole rings is 1. The average Bonchev–Trinajstić information content (AvgIpc) is 2.97. The van der Waals surface area contributed by atoms with Crippen LogP contribution < -0.4 is 0 Å². The van der Waals surface area contributed by atoms with Crippen molar-refractivity contribution >= 4 is 22.1 Å². The summed E-state index contributed by atoms with van der Waals surface area (Å²) in [6, 6.07) is 14.6. The van der Waals surface area contributed by atoms with Crippen LogP contribution in [-0.2, 0) is 9.47 Å². The molecule has 2 aromatic carbocycles. The Morgan fingerprint density at radius 1 is 1.00 bits per heavy atom. The molecule has 0 bridgehead atoms. The van der Waals surface area contributed by atoms with Crippen molar-refractivity contribution in [2.75, 3.05) is 14.2 Å². The quantitative estimate of drug-likeness (QED) is 0.671. The monoisotopic (exact) mass is 285 g/mol. The number of hydrogen-bond acceptors (Lipinski definition) is 4. The zero-order chi connectivity index (χ0) is 13.9. The summed E-state index contributed by atoms with van der Waals surface area (Å²) >= 11 is 1.61. The molecular weight excluding hydrogens is 270 g/mol. The Balaban J connectivity index is 2.08. The van der Waals surface area contributed by atoms with E-state index in [-0.39, 0.29) is 0 Å². The standard InChI is InChI=1S/C16H15NO2S/c1-18-16(19-2)14-10-20-15(17-14)13-9-5-7-11-6-3-4-8-12(11)13/h3-10,16H,1-2H3. The molecule has 0 amide bonds. The molecule has 1 aromatic heterocycles. The fourth-order valence-electron chi connectivity index (χ4n) is 2.27. The third kappa shape index (κ3) is 2.33. The molecule has 0 aliphatic carbocycles. The Kier molecular flexibility index (Phi) is 3.78. The summed E-state index contributed by atoms with van der Waals surface area (Å²) in [6.45, 7) is 0. The van der Waals surface area contributed by atoms with Gasteiger partial charge in [0.2, 0.25) is 6.29 Å². The lowest BCUT2D eigenvalue weighted by Crippen LogP contribution is -2.03. The van der Waals surface area contributed by atoms with Gasteiger partial charge in [0.15, 0.2) is 0 Å². The summed E-state index contributed by atoms with van der Waals surface area (Å²) in [5.74, 6) is 0. The molecule has 0 aliphatic heterocycles. The zero-order valence-electron chi connectivity index (χ0n) is 11.4. The number of ether oxygens (including phenoxy) is 2. The minimum absolute atomic E-state index is 0.407. The minimum Gasteiger partial charge on any atom is -0.350 e. The first-order valence-corrected chi connectivity index (χ1v) is 7.20. The molecule has 0 aliphatic rings. The first-order valence-electron chi connectivity index (χ1n) is 6.32. The number of methoxy groups -OCH3 is 2. The fraction of sp³-hybridized carbons (Fsp3) is 0.188. The molecule has 0 atom stereocenters. The predicted octanol–water partition coefficient (Wildman–Crippen LogP) is 4.25. The van der Waals surface area contributed by atoms with Gasteiger partial charge in [0.05, 0.1) is 0 Å². The second-order valence-corrected chi connectivity index (χ2v) is 5.27. The van der Waals surface area contributed by atoms with Crippen molar-refractivity contribution < 1.29 is 9.47 Å². The van der Waals surface area contributed by atoms with Crippen LogP contribution in [0.25, 0.3) is 21.3 Å². The molecule has 0 unspecified atom stereocenters. The first-order chi connectivity index (χ1) is 9.83. The summed E-state index contributed by atoms with van der Waals surface area (Å²) in [5, 5.41) is 5.39. The third-order valence-electron chi connectivity index (χ3n) is 3.21. The zero-order valence-corrected chi connectivity index (χ0v) is 12.2. The van der Waals surface area contributed by atoms with Gasteiger partial charge < -0.3 is 9.47 Å². The van der Waals surface area contributed by atoms with Gasteiger partial charge in [-0.05, 0) is 10.8 Å². The molecule has 0 fully saturated rings. The first kappa shape index (κ1) is 13.2. The average molecular weight is 285 g/mol. The van der Waals surface area contributed by atoms with Gasteiger partial charge in [-0.2, -0.15) is 0 Å². The van der Waals surface area contributed by atoms with Crippen molar-refractivity contribution in [3.63, 3.8) is 0 Å². The van der Waals surface area contributed by atoms with Crippen LogP contribution in [0.4, 0.5) is 0 Å². The molecule has 0 N–H and O–H groups in total. The van der Waals surface area contributed by atoms with Crippen LogP contribution in [0.5, 0.6) is 0 Å². The normalized spacial score (nSPS) is 11.3. The number of nitrogens with zero attached hydrogens (tertiary/aromatic N) is 1. The predicted molar refractivity (Wildman–Crippen MR) is 81.8 cm³/mol. The maximum atomic E-state index is 5.24. The third-order valence-corrected chi connectivity index (χ3v) is 4.11. The van der Waals surface area contributed by atoms with E-state index in [2.05, 4.69) is 35.3 Å². The smallest absolute Gasteiger partial charge is 0.201 e. The van der Waals surface area contributed by atoms with Crippen molar-refractivity contribution in [1.82, 2.24) is 4.98 Å². The van der Waals surface area contributed by atoms with Gasteiger partial charge in [0.25, 0.3) is 0 Å². The van der Waals surface area contributed by atoms with E-state index in [0.717, 1.165) is 16.3 Å². The Morgan fingerprint density at radius 3 is 2.55 bits per heavy atom. The highest BCUT2D eigenvalue weighted by Crippen LogP contribution is 2.32. The van der Waals surface area contributed by atoms with Crippen LogP contribution in [0.1, 0.15) is 12.0 Å². The van der Waals surface area contributed by atoms with Crippen LogP contribution in [0.15, 0.2) is 47.8 Å². The molecule has 0 saturated carbocycles. The van der Waals surface area contributed by atoms with Gasteiger partial charge in [-0.25, -0.2) is 4.98 Å². The molecule has 20 heavy (non-hydrogen) atoms. The second kappa shape index (κ2) is 5.71. The summed E-state index contributed by atoms with van der Waals surface area (Å²) < 4.78 is 10.5. The van der Waals surface area contributed by atoms with Crippen LogP contribution >= 0.6 is 11.3 Å². The van der Waals surface area contributed by atoms with Gasteiger partial charge in [-0.3, -0.25) is 0 Å². The van der Waals surface area contributed by atoms with E-state index in [4.69, 9.17) is 9.47 Å². The highest BCUT2D eigenvalue weighted by Gasteiger charge is 2.15. The lowest BCUT2D eigenvalue weighted by Gasteiger charge is -2.09. The summed E-state index contributed by atoms with van der Waals surface area (Å²) in [7, 11) is 3.23. The molecule has 3 aromatic rings. The van der Waals surface area contributed by atoms with Gasteiger partial charge in [0.1, 0.15) is 10.7 Å². The van der Waals surface area contributed by atoms with Crippen LogP contribution in [0.3, 0.4) is 0 Å². The van der Waals surface area contributed by atoms with Gasteiger partial charge in [-0.1, -0.05) is 42.5 Å². The van der Waals surface area contributed by atoms with Crippen molar-refractivity contribution in [2.45, 2.75) is 6.29 Å². The van der Waals surface area contributed by atoms with Crippen LogP contribution in [0, 0.1) is 0 Å². The Labute approximate surface area is 121 Å². The highest BCUT2D eigenvalue weighted by molar-refractivity contribution is 7.13. The Bertz CT molecular complexity index is 714. The van der Waals surface area contributed by atoms with Crippen LogP contribution in [0.2, 0.25) is 0 Å². The van der Waals surface area contributed by atoms with Crippen molar-refractivity contribution in [1.29, 1.82) is 0 Å². The molecular formula is C16H15NO2S. The van der Waals surface area contributed by atoms with E-state index in [1.807, 2.05) is 17.5 Å². The van der Waals surface area contributed by atoms with E-state index >= 15 is 0 Å². The molecule has 102 valence electrons. The van der Waals surface area contributed by atoms with Crippen molar-refractivity contribution in [2.24, 2.45) is 0 Å². The number of fused-ring (bicyclic) bond motifs is 1. The van der Waals surface area contributed by atoms with E-state index in [1.165, 1.54) is 10.8 Å². The van der Waals surface area contributed by atoms with E-state index in [9.17, 15) is 0 Å². The second-order valence-electron chi connectivity index (χ2n) is 4.41. The summed E-state index contributed by atoms with van der Waals surface area (Å²) in [4.78, 5) is 4.64. The molecule has 4 heteroatoms. The number of benzene rings is 2. The lowest BCUT2D eigenvalue weighted by molar-refractivity contribution is -0.108. The Hall–Kier alpha value is -1.75. The molecule has 1 heterocycles. The molecule has 0 saturated heterocycles. The van der Waals surface area contributed by atoms with Gasteiger partial charge >= 0.3 is 0 Å².